The lowest BCUT2D eigenvalue weighted by Gasteiger charge is -2.41. The van der Waals surface area contributed by atoms with Crippen LogP contribution < -0.4 is 0 Å². The Morgan fingerprint density at radius 1 is 1.15 bits per heavy atom. The lowest BCUT2D eigenvalue weighted by atomic mass is 9.70. The van der Waals surface area contributed by atoms with E-state index in [1.54, 1.807) is 0 Å². The molecule has 2 rings (SSSR count). The van der Waals surface area contributed by atoms with Gasteiger partial charge in [-0.05, 0) is 51.8 Å². The molecule has 0 heterocycles. The van der Waals surface area contributed by atoms with Crippen molar-refractivity contribution in [3.05, 3.63) is 35.9 Å². The summed E-state index contributed by atoms with van der Waals surface area (Å²) in [5.74, 6) is 0.404. The molecule has 0 aliphatic heterocycles. The smallest absolute Gasteiger partial charge is 0.0939 e. The highest BCUT2D eigenvalue weighted by Crippen LogP contribution is 2.42. The van der Waals surface area contributed by atoms with Crippen LogP contribution in [0.25, 0.3) is 0 Å². The molecule has 2 unspecified atom stereocenters. The van der Waals surface area contributed by atoms with Gasteiger partial charge in [0.1, 0.15) is 0 Å². The van der Waals surface area contributed by atoms with Crippen LogP contribution in [0.15, 0.2) is 30.3 Å². The molecule has 1 aliphatic carbocycles. The standard InChI is InChI=1S/C18H29NO/c1-15(19(2)3)14-18(20,16-10-6-4-7-11-16)17-12-8-5-9-13-17/h4,6-7,10-11,15,17,20H,5,8-9,12-14H2,1-3H3. The third-order valence-corrected chi connectivity index (χ3v) is 5.04. The van der Waals surface area contributed by atoms with Crippen LogP contribution >= 0.6 is 0 Å². The topological polar surface area (TPSA) is 23.5 Å². The van der Waals surface area contributed by atoms with Crippen LogP contribution in [0.3, 0.4) is 0 Å². The number of aliphatic hydroxyl groups is 1. The first kappa shape index (κ1) is 15.5. The Balaban J connectivity index is 2.27. The van der Waals surface area contributed by atoms with Gasteiger partial charge < -0.3 is 10.0 Å². The van der Waals surface area contributed by atoms with E-state index in [2.05, 4.69) is 38.1 Å². The highest BCUT2D eigenvalue weighted by molar-refractivity contribution is 5.24. The Hall–Kier alpha value is -0.860. The number of nitrogens with zero attached hydrogens (tertiary/aromatic N) is 1. The highest BCUT2D eigenvalue weighted by atomic mass is 16.3. The molecule has 1 N–H and O–H groups in total. The highest BCUT2D eigenvalue weighted by Gasteiger charge is 2.40. The van der Waals surface area contributed by atoms with Gasteiger partial charge in [0.2, 0.25) is 0 Å². The van der Waals surface area contributed by atoms with Gasteiger partial charge in [0.15, 0.2) is 0 Å². The van der Waals surface area contributed by atoms with Gasteiger partial charge in [-0.2, -0.15) is 0 Å². The summed E-state index contributed by atoms with van der Waals surface area (Å²) in [4.78, 5) is 2.21. The maximum atomic E-state index is 11.5. The molecule has 1 aliphatic rings. The van der Waals surface area contributed by atoms with E-state index >= 15 is 0 Å². The Morgan fingerprint density at radius 3 is 2.30 bits per heavy atom. The summed E-state index contributed by atoms with van der Waals surface area (Å²) in [5.41, 5.74) is 0.423. The van der Waals surface area contributed by atoms with Crippen LogP contribution in [-0.2, 0) is 5.60 Å². The van der Waals surface area contributed by atoms with Crippen molar-refractivity contribution in [1.29, 1.82) is 0 Å². The first-order valence-corrected chi connectivity index (χ1v) is 7.98. The molecule has 0 spiro atoms. The third-order valence-electron chi connectivity index (χ3n) is 5.04. The van der Waals surface area contributed by atoms with Crippen LogP contribution in [0.5, 0.6) is 0 Å². The maximum Gasteiger partial charge on any atom is 0.0939 e. The lowest BCUT2D eigenvalue weighted by molar-refractivity contribution is -0.0594. The Kier molecular flexibility index (Phi) is 5.22. The van der Waals surface area contributed by atoms with E-state index in [-0.39, 0.29) is 0 Å². The van der Waals surface area contributed by atoms with Crippen molar-refractivity contribution in [1.82, 2.24) is 4.90 Å². The number of hydrogen-bond acceptors (Lipinski definition) is 2. The minimum atomic E-state index is -0.675. The average molecular weight is 275 g/mol. The molecule has 2 nitrogen and oxygen atoms in total. The molecule has 1 aromatic rings. The Morgan fingerprint density at radius 2 is 1.75 bits per heavy atom. The zero-order valence-electron chi connectivity index (χ0n) is 13.2. The fourth-order valence-corrected chi connectivity index (χ4v) is 3.46. The molecular weight excluding hydrogens is 246 g/mol. The van der Waals surface area contributed by atoms with Crippen molar-refractivity contribution in [3.8, 4) is 0 Å². The first-order chi connectivity index (χ1) is 9.54. The third kappa shape index (κ3) is 3.42. The molecule has 0 amide bonds. The van der Waals surface area contributed by atoms with Crippen molar-refractivity contribution >= 4 is 0 Å². The second kappa shape index (κ2) is 6.73. The zero-order chi connectivity index (χ0) is 14.6. The minimum absolute atomic E-state index is 0.377. The molecule has 1 saturated carbocycles. The first-order valence-electron chi connectivity index (χ1n) is 7.98. The average Bonchev–Trinajstić information content (AvgIpc) is 2.48. The van der Waals surface area contributed by atoms with E-state index in [0.717, 1.165) is 24.8 Å². The fraction of sp³-hybridized carbons (Fsp3) is 0.667. The summed E-state index contributed by atoms with van der Waals surface area (Å²) in [5, 5.41) is 11.5. The molecule has 2 heteroatoms. The summed E-state index contributed by atoms with van der Waals surface area (Å²) in [6.07, 6.45) is 6.97. The van der Waals surface area contributed by atoms with Crippen molar-refractivity contribution in [2.24, 2.45) is 5.92 Å². The molecule has 0 bridgehead atoms. The van der Waals surface area contributed by atoms with E-state index in [4.69, 9.17) is 0 Å². The van der Waals surface area contributed by atoms with Crippen LogP contribution in [0.1, 0.15) is 51.0 Å². The monoisotopic (exact) mass is 275 g/mol. The summed E-state index contributed by atoms with van der Waals surface area (Å²) < 4.78 is 0. The van der Waals surface area contributed by atoms with Gasteiger partial charge in [-0.25, -0.2) is 0 Å². The fourth-order valence-electron chi connectivity index (χ4n) is 3.46. The van der Waals surface area contributed by atoms with E-state index < -0.39 is 5.60 Å². The molecule has 1 fully saturated rings. The van der Waals surface area contributed by atoms with Gasteiger partial charge in [-0.1, -0.05) is 49.6 Å². The van der Waals surface area contributed by atoms with Crippen molar-refractivity contribution < 1.29 is 5.11 Å². The van der Waals surface area contributed by atoms with Gasteiger partial charge >= 0.3 is 0 Å². The molecular formula is C18H29NO. The van der Waals surface area contributed by atoms with Gasteiger partial charge in [0, 0.05) is 6.04 Å². The van der Waals surface area contributed by atoms with Crippen LogP contribution in [0, 0.1) is 5.92 Å². The lowest BCUT2D eigenvalue weighted by Crippen LogP contribution is -2.42. The normalized spacial score (nSPS) is 21.6. The number of benzene rings is 1. The largest absolute Gasteiger partial charge is 0.385 e. The summed E-state index contributed by atoms with van der Waals surface area (Å²) >= 11 is 0. The summed E-state index contributed by atoms with van der Waals surface area (Å²) in [7, 11) is 4.19. The number of rotatable bonds is 5. The quantitative estimate of drug-likeness (QED) is 0.883. The van der Waals surface area contributed by atoms with Gasteiger partial charge in [0.25, 0.3) is 0 Å². The van der Waals surface area contributed by atoms with Crippen molar-refractivity contribution in [2.45, 2.75) is 57.1 Å². The Bertz CT molecular complexity index is 397. The minimum Gasteiger partial charge on any atom is -0.385 e. The predicted octanol–water partition coefficient (Wildman–Crippen LogP) is 3.79. The summed E-state index contributed by atoms with van der Waals surface area (Å²) in [6, 6.07) is 10.7. The zero-order valence-corrected chi connectivity index (χ0v) is 13.2. The molecule has 2 atom stereocenters. The second-order valence-corrected chi connectivity index (χ2v) is 6.64. The van der Waals surface area contributed by atoms with Gasteiger partial charge in [-0.3, -0.25) is 0 Å². The number of hydrogen-bond donors (Lipinski definition) is 1. The van der Waals surface area contributed by atoms with E-state index in [0.29, 0.717) is 12.0 Å². The molecule has 20 heavy (non-hydrogen) atoms. The van der Waals surface area contributed by atoms with Crippen molar-refractivity contribution in [2.75, 3.05) is 14.1 Å². The molecule has 0 saturated heterocycles. The molecule has 0 aromatic heterocycles. The van der Waals surface area contributed by atoms with Crippen molar-refractivity contribution in [3.63, 3.8) is 0 Å². The second-order valence-electron chi connectivity index (χ2n) is 6.64. The van der Waals surface area contributed by atoms with Crippen LogP contribution in [-0.4, -0.2) is 30.1 Å². The van der Waals surface area contributed by atoms with E-state index in [9.17, 15) is 5.11 Å². The molecule has 0 radical (unpaired) electrons. The van der Waals surface area contributed by atoms with Gasteiger partial charge in [-0.15, -0.1) is 0 Å². The molecule has 1 aromatic carbocycles. The SMILES string of the molecule is CC(CC(O)(c1ccccc1)C1CCCCC1)N(C)C. The molecule has 112 valence electrons. The summed E-state index contributed by atoms with van der Waals surface area (Å²) in [6.45, 7) is 2.21. The predicted molar refractivity (Wildman–Crippen MR) is 84.7 cm³/mol. The van der Waals surface area contributed by atoms with Crippen LogP contribution in [0.4, 0.5) is 0 Å². The maximum absolute atomic E-state index is 11.5. The van der Waals surface area contributed by atoms with Gasteiger partial charge in [0.05, 0.1) is 5.60 Å². The van der Waals surface area contributed by atoms with E-state index in [1.807, 2.05) is 18.2 Å². The Labute approximate surface area is 123 Å². The van der Waals surface area contributed by atoms with Crippen LogP contribution in [0.2, 0.25) is 0 Å². The van der Waals surface area contributed by atoms with E-state index in [1.165, 1.54) is 19.3 Å².